The first-order valence-electron chi connectivity index (χ1n) is 34.2. The highest BCUT2D eigenvalue weighted by Crippen LogP contribution is 2.45. The Bertz CT molecular complexity index is 3670. The lowest BCUT2D eigenvalue weighted by Gasteiger charge is -2.40. The number of halogens is 13. The second kappa shape index (κ2) is 32.4. The molecular formula is C75H85F13N8O5. The normalized spacial score (nSPS) is 19.7. The third-order valence-electron chi connectivity index (χ3n) is 19.1. The van der Waals surface area contributed by atoms with Crippen molar-refractivity contribution >= 4 is 0 Å². The van der Waals surface area contributed by atoms with E-state index >= 15 is 17.6 Å². The molecule has 6 aromatic carbocycles. The Balaban J connectivity index is 0.000000153. The minimum atomic E-state index is -3.05. The van der Waals surface area contributed by atoms with Gasteiger partial charge in [-0.3, -0.25) is 47.7 Å². The first kappa shape index (κ1) is 74.6. The molecule has 0 amide bonds. The largest absolute Gasteiger partial charge is 0.508 e. The molecule has 13 nitrogen and oxygen atoms in total. The van der Waals surface area contributed by atoms with Gasteiger partial charge >= 0.3 is 0 Å². The molecule has 0 unspecified atom stereocenters. The maximum atomic E-state index is 15.3. The molecule has 1 aromatic heterocycles. The van der Waals surface area contributed by atoms with Crippen molar-refractivity contribution in [3.63, 3.8) is 0 Å². The maximum absolute atomic E-state index is 15.3. The number of H-pyrrole nitrogens is 1. The summed E-state index contributed by atoms with van der Waals surface area (Å²) in [6.45, 7) is 7.03. The molecule has 3 atom stereocenters. The number of aromatic nitrogens is 2. The lowest BCUT2D eigenvalue weighted by molar-refractivity contribution is -0.0251. The number of nitrogens with one attached hydrogen (secondary N) is 1. The number of aromatic hydroxyl groups is 2. The van der Waals surface area contributed by atoms with Gasteiger partial charge in [0.25, 0.3) is 17.8 Å². The van der Waals surface area contributed by atoms with Gasteiger partial charge in [0.2, 0.25) is 0 Å². The van der Waals surface area contributed by atoms with Gasteiger partial charge < -0.3 is 24.4 Å². The van der Waals surface area contributed by atoms with E-state index in [-0.39, 0.29) is 84.6 Å². The summed E-state index contributed by atoms with van der Waals surface area (Å²) >= 11 is 0. The van der Waals surface area contributed by atoms with Crippen LogP contribution in [0.4, 0.5) is 57.1 Å². The van der Waals surface area contributed by atoms with Gasteiger partial charge in [-0.05, 0) is 113 Å². The van der Waals surface area contributed by atoms with Gasteiger partial charge in [-0.2, -0.15) is 5.10 Å². The Morgan fingerprint density at radius 3 is 1.32 bits per heavy atom. The van der Waals surface area contributed by atoms with Gasteiger partial charge in [0.05, 0.1) is 64.0 Å². The molecule has 0 bridgehead atoms. The smallest absolute Gasteiger partial charge is 0.257 e. The van der Waals surface area contributed by atoms with Crippen molar-refractivity contribution in [1.82, 2.24) is 39.6 Å². The van der Waals surface area contributed by atoms with Crippen molar-refractivity contribution in [3.05, 3.63) is 189 Å². The zero-order chi connectivity index (χ0) is 71.9. The lowest BCUT2D eigenvalue weighted by atomic mass is 9.86. The molecule has 6 aliphatic heterocycles. The molecule has 101 heavy (non-hydrogen) atoms. The molecule has 3 saturated heterocycles. The molecule has 26 heteroatoms. The third kappa shape index (κ3) is 19.2. The summed E-state index contributed by atoms with van der Waals surface area (Å²) in [5, 5.41) is 26.5. The number of alkyl halides is 9. The van der Waals surface area contributed by atoms with Crippen molar-refractivity contribution in [2.24, 2.45) is 5.92 Å². The number of rotatable bonds is 25. The molecule has 546 valence electrons. The van der Waals surface area contributed by atoms with Crippen LogP contribution in [-0.2, 0) is 19.3 Å². The van der Waals surface area contributed by atoms with Crippen LogP contribution in [0.25, 0.3) is 11.1 Å². The highest BCUT2D eigenvalue weighted by atomic mass is 19.3. The number of nitrogens with zero attached hydrogens (tertiary/aromatic N) is 7. The van der Waals surface area contributed by atoms with Crippen LogP contribution in [-0.4, -0.2) is 205 Å². The number of likely N-dealkylation sites (tertiary alicyclic amines) is 3. The first-order chi connectivity index (χ1) is 48.2. The van der Waals surface area contributed by atoms with Gasteiger partial charge in [0.1, 0.15) is 70.8 Å². The van der Waals surface area contributed by atoms with Crippen LogP contribution >= 0.6 is 0 Å². The van der Waals surface area contributed by atoms with Crippen LogP contribution in [0.5, 0.6) is 28.7 Å². The number of aromatic amines is 1. The van der Waals surface area contributed by atoms with Gasteiger partial charge in [-0.15, -0.1) is 0 Å². The van der Waals surface area contributed by atoms with Crippen LogP contribution in [0, 0.1) is 29.2 Å². The number of hydrogen-bond acceptors (Lipinski definition) is 12. The van der Waals surface area contributed by atoms with Gasteiger partial charge in [0.15, 0.2) is 0 Å². The van der Waals surface area contributed by atoms with Crippen LogP contribution in [0.3, 0.4) is 0 Å². The van der Waals surface area contributed by atoms with Crippen molar-refractivity contribution in [3.8, 4) is 39.9 Å². The topological polar surface area (TPSA) is 116 Å². The number of benzene rings is 6. The SMILES string of the molecule is CC(F)(F)CN1CCc2cc(-c3cn[nH]c3)ccc2[C@@H]1c1ccc(OCCN2CC(CF)C2)cc1.CC(F)(F)CN1CCc2cc(O)ccc2[C@@H]1c1c(F)cc(OC2CN(CCCF)C2)cc1F.CC(F)(F)CN1CCc2cc(O)ccc2[C@H]1c1c(F)cc(OC2CN(CCCF)C2)cc1F. The average molecular weight is 1430 g/mol. The number of phenolic OH excluding ortho intramolecular Hbond substituents is 2. The minimum absolute atomic E-state index is 0.00696. The molecule has 0 aliphatic carbocycles. The van der Waals surface area contributed by atoms with Crippen molar-refractivity contribution in [2.45, 2.75) is 101 Å². The Hall–Kier alpha value is -7.62. The quantitative estimate of drug-likeness (QED) is 0.0473. The van der Waals surface area contributed by atoms with E-state index in [1.807, 2.05) is 51.2 Å². The Morgan fingerprint density at radius 2 is 0.901 bits per heavy atom. The van der Waals surface area contributed by atoms with E-state index in [9.17, 15) is 49.7 Å². The van der Waals surface area contributed by atoms with E-state index in [1.54, 1.807) is 6.20 Å². The molecule has 3 fully saturated rings. The van der Waals surface area contributed by atoms with E-state index in [0.717, 1.165) is 92.7 Å². The lowest BCUT2D eigenvalue weighted by Crippen LogP contribution is -2.53. The van der Waals surface area contributed by atoms with Crippen molar-refractivity contribution < 1.29 is 81.5 Å². The van der Waals surface area contributed by atoms with Gasteiger partial charge in [-0.25, -0.2) is 43.9 Å². The van der Waals surface area contributed by atoms with E-state index in [0.29, 0.717) is 107 Å². The number of phenols is 2. The highest BCUT2D eigenvalue weighted by Gasteiger charge is 2.42. The zero-order valence-corrected chi connectivity index (χ0v) is 56.6. The van der Waals surface area contributed by atoms with Crippen LogP contribution < -0.4 is 14.2 Å². The number of ether oxygens (including phenoxy) is 3. The van der Waals surface area contributed by atoms with Crippen LogP contribution in [0.1, 0.15) is 102 Å². The molecular weight excluding hydrogens is 1340 g/mol. The summed E-state index contributed by atoms with van der Waals surface area (Å²) in [7, 11) is 0. The minimum Gasteiger partial charge on any atom is -0.508 e. The Morgan fingerprint density at radius 1 is 0.485 bits per heavy atom. The fourth-order valence-electron chi connectivity index (χ4n) is 14.5. The summed E-state index contributed by atoms with van der Waals surface area (Å²) in [5.74, 6) is -11.4. The second-order valence-corrected chi connectivity index (χ2v) is 27.6. The average Bonchev–Trinajstić information content (AvgIpc) is 1.68. The van der Waals surface area contributed by atoms with Crippen molar-refractivity contribution in [1.29, 1.82) is 0 Å². The fraction of sp³-hybridized carbons (Fsp3) is 0.480. The van der Waals surface area contributed by atoms with E-state index in [4.69, 9.17) is 14.2 Å². The summed E-state index contributed by atoms with van der Waals surface area (Å²) in [5.41, 5.74) is 6.92. The standard InChI is InChI=1S/C27H31F3N4O.2C24H27F5N2O2/c1-27(29,30)18-34-9-8-22-12-21(23-14-31-32-15-23)4-7-25(22)26(34)20-2-5-24(6-3-20)35-11-10-33-16-19(13-28)17-33;2*1-24(28,29)14-31-8-5-15-9-16(32)3-4-19(15)23(31)22-20(26)10-17(11-21(22)27)33-18-12-30(13-18)7-2-6-25/h2-7,12,14-15,19,26H,8-11,13,16-18H2,1H3,(H,31,32);2*3-4,9-11,18,23,32H,2,5-8,12-14H2,1H3/t26-;2*23-/m010/s1. The Kier molecular flexibility index (Phi) is 23.9. The van der Waals surface area contributed by atoms with Crippen LogP contribution in [0.2, 0.25) is 0 Å². The van der Waals surface area contributed by atoms with Crippen LogP contribution in [0.15, 0.2) is 116 Å². The molecule has 6 aliphatic rings. The van der Waals surface area contributed by atoms with E-state index in [1.165, 1.54) is 51.8 Å². The summed E-state index contributed by atoms with van der Waals surface area (Å²) in [4.78, 5) is 10.8. The van der Waals surface area contributed by atoms with E-state index in [2.05, 4.69) is 27.2 Å². The molecule has 0 saturated carbocycles. The Labute approximate surface area is 579 Å². The zero-order valence-electron chi connectivity index (χ0n) is 56.6. The summed E-state index contributed by atoms with van der Waals surface area (Å²) < 4.78 is 199. The highest BCUT2D eigenvalue weighted by molar-refractivity contribution is 5.64. The second-order valence-electron chi connectivity index (χ2n) is 27.6. The molecule has 7 heterocycles. The predicted molar refractivity (Wildman–Crippen MR) is 357 cm³/mol. The third-order valence-corrected chi connectivity index (χ3v) is 19.1. The monoisotopic (exact) mass is 1420 g/mol. The summed E-state index contributed by atoms with van der Waals surface area (Å²) in [6.07, 6.45) is 5.47. The molecule has 0 spiro atoms. The predicted octanol–water partition coefficient (Wildman–Crippen LogP) is 14.4. The maximum Gasteiger partial charge on any atom is 0.257 e. The van der Waals surface area contributed by atoms with Gasteiger partial charge in [-0.1, -0.05) is 42.5 Å². The molecule has 0 radical (unpaired) electrons. The number of hydrogen-bond donors (Lipinski definition) is 3. The number of fused-ring (bicyclic) bond motifs is 3. The van der Waals surface area contributed by atoms with Gasteiger partial charge in [0, 0.05) is 152 Å². The molecule has 7 aromatic rings. The first-order valence-corrected chi connectivity index (χ1v) is 34.2. The molecule has 3 N–H and O–H groups in total. The van der Waals surface area contributed by atoms with E-state index < -0.39 is 79.6 Å². The fourth-order valence-corrected chi connectivity index (χ4v) is 14.5. The van der Waals surface area contributed by atoms with Crippen molar-refractivity contribution in [2.75, 3.05) is 125 Å². The summed E-state index contributed by atoms with van der Waals surface area (Å²) in [6, 6.07) is 24.8. The molecule has 13 rings (SSSR count).